The van der Waals surface area contributed by atoms with E-state index in [1.807, 2.05) is 13.8 Å². The number of aryl methyl sites for hydroxylation is 2. The fraction of sp³-hybridized carbons (Fsp3) is 0.286. The maximum atomic E-state index is 12.1. The molecule has 1 amide bonds. The zero-order chi connectivity index (χ0) is 14.5. The Labute approximate surface area is 122 Å². The zero-order valence-corrected chi connectivity index (χ0v) is 12.1. The molecule has 0 fully saturated rings. The second kappa shape index (κ2) is 6.43. The summed E-state index contributed by atoms with van der Waals surface area (Å²) in [5.74, 6) is 0.484. The van der Waals surface area contributed by atoms with Crippen LogP contribution in [0.3, 0.4) is 0 Å². The molecule has 1 N–H and O–H groups in total. The molecular formula is C14H15ClN4O. The van der Waals surface area contributed by atoms with Gasteiger partial charge in [0, 0.05) is 17.5 Å². The maximum absolute atomic E-state index is 12.1. The van der Waals surface area contributed by atoms with Crippen molar-refractivity contribution in [1.29, 1.82) is 0 Å². The van der Waals surface area contributed by atoms with E-state index in [-0.39, 0.29) is 5.91 Å². The van der Waals surface area contributed by atoms with E-state index in [1.54, 1.807) is 24.4 Å². The highest BCUT2D eigenvalue weighted by Crippen LogP contribution is 2.11. The van der Waals surface area contributed by atoms with E-state index in [0.717, 1.165) is 17.8 Å². The summed E-state index contributed by atoms with van der Waals surface area (Å²) in [6.07, 6.45) is 2.40. The van der Waals surface area contributed by atoms with Gasteiger partial charge in [-0.1, -0.05) is 18.5 Å². The van der Waals surface area contributed by atoms with Crippen LogP contribution in [-0.4, -0.2) is 20.9 Å². The van der Waals surface area contributed by atoms with Crippen LogP contribution in [0.5, 0.6) is 0 Å². The van der Waals surface area contributed by atoms with Gasteiger partial charge >= 0.3 is 0 Å². The minimum atomic E-state index is -0.194. The molecule has 0 aliphatic carbocycles. The van der Waals surface area contributed by atoms with Gasteiger partial charge in [0.05, 0.1) is 12.2 Å². The SMILES string of the molecule is CCc1cc(C(=O)NCc2ccnc(C)n2)cc(Cl)n1. The number of pyridine rings is 1. The molecule has 0 unspecified atom stereocenters. The molecule has 2 aromatic heterocycles. The highest BCUT2D eigenvalue weighted by atomic mass is 35.5. The largest absolute Gasteiger partial charge is 0.346 e. The fourth-order valence-electron chi connectivity index (χ4n) is 1.74. The Kier molecular flexibility index (Phi) is 4.63. The van der Waals surface area contributed by atoms with Crippen molar-refractivity contribution in [3.05, 3.63) is 52.3 Å². The molecule has 0 aromatic carbocycles. The first kappa shape index (κ1) is 14.4. The van der Waals surface area contributed by atoms with Gasteiger partial charge in [-0.15, -0.1) is 0 Å². The summed E-state index contributed by atoms with van der Waals surface area (Å²) in [5, 5.41) is 3.13. The van der Waals surface area contributed by atoms with Gasteiger partial charge in [-0.05, 0) is 31.5 Å². The first-order valence-electron chi connectivity index (χ1n) is 6.31. The summed E-state index contributed by atoms with van der Waals surface area (Å²) in [6.45, 7) is 4.12. The summed E-state index contributed by atoms with van der Waals surface area (Å²) in [7, 11) is 0. The highest BCUT2D eigenvalue weighted by Gasteiger charge is 2.09. The third-order valence-corrected chi connectivity index (χ3v) is 2.93. The van der Waals surface area contributed by atoms with Crippen molar-refractivity contribution >= 4 is 17.5 Å². The number of halogens is 1. The first-order valence-corrected chi connectivity index (χ1v) is 6.69. The van der Waals surface area contributed by atoms with Crippen molar-refractivity contribution in [2.24, 2.45) is 0 Å². The van der Waals surface area contributed by atoms with Crippen LogP contribution in [0.25, 0.3) is 0 Å². The highest BCUT2D eigenvalue weighted by molar-refractivity contribution is 6.29. The molecule has 0 aliphatic rings. The zero-order valence-electron chi connectivity index (χ0n) is 11.4. The van der Waals surface area contributed by atoms with Crippen LogP contribution in [0.1, 0.15) is 34.5 Å². The number of carbonyl (C=O) groups excluding carboxylic acids is 1. The molecule has 0 radical (unpaired) electrons. The molecule has 20 heavy (non-hydrogen) atoms. The van der Waals surface area contributed by atoms with Crippen molar-refractivity contribution in [2.75, 3.05) is 0 Å². The van der Waals surface area contributed by atoms with Crippen LogP contribution >= 0.6 is 11.6 Å². The van der Waals surface area contributed by atoms with Gasteiger partial charge in [-0.2, -0.15) is 0 Å². The van der Waals surface area contributed by atoms with Gasteiger partial charge in [0.1, 0.15) is 11.0 Å². The number of amides is 1. The summed E-state index contributed by atoms with van der Waals surface area (Å²) in [5.41, 5.74) is 2.06. The molecule has 0 saturated heterocycles. The van der Waals surface area contributed by atoms with E-state index >= 15 is 0 Å². The minimum absolute atomic E-state index is 0.194. The standard InChI is InChI=1S/C14H15ClN4O/c1-3-11-6-10(7-13(15)19-11)14(20)17-8-12-4-5-16-9(2)18-12/h4-7H,3,8H2,1-2H3,(H,17,20). The van der Waals surface area contributed by atoms with E-state index in [1.165, 1.54) is 0 Å². The normalized spacial score (nSPS) is 10.3. The summed E-state index contributed by atoms with van der Waals surface area (Å²) < 4.78 is 0. The number of hydrogen-bond acceptors (Lipinski definition) is 4. The minimum Gasteiger partial charge on any atom is -0.346 e. The van der Waals surface area contributed by atoms with E-state index in [2.05, 4.69) is 20.3 Å². The number of carbonyl (C=O) groups is 1. The predicted octanol–water partition coefficient (Wildman–Crippen LogP) is 2.33. The van der Waals surface area contributed by atoms with Crippen molar-refractivity contribution < 1.29 is 4.79 Å². The third-order valence-electron chi connectivity index (χ3n) is 2.74. The van der Waals surface area contributed by atoms with Gasteiger partial charge in [0.25, 0.3) is 5.91 Å². The van der Waals surface area contributed by atoms with Crippen LogP contribution in [0, 0.1) is 6.92 Å². The molecule has 5 nitrogen and oxygen atoms in total. The van der Waals surface area contributed by atoms with Crippen molar-refractivity contribution in [2.45, 2.75) is 26.8 Å². The summed E-state index contributed by atoms with van der Waals surface area (Å²) in [4.78, 5) is 24.4. The van der Waals surface area contributed by atoms with E-state index in [9.17, 15) is 4.79 Å². The molecule has 2 rings (SSSR count). The lowest BCUT2D eigenvalue weighted by Crippen LogP contribution is -2.23. The van der Waals surface area contributed by atoms with Crippen LogP contribution in [-0.2, 0) is 13.0 Å². The lowest BCUT2D eigenvalue weighted by molar-refractivity contribution is 0.0950. The second-order valence-electron chi connectivity index (χ2n) is 4.30. The number of rotatable bonds is 4. The summed E-state index contributed by atoms with van der Waals surface area (Å²) >= 11 is 5.90. The number of hydrogen-bond donors (Lipinski definition) is 1. The Hall–Kier alpha value is -2.01. The molecule has 0 bridgehead atoms. The van der Waals surface area contributed by atoms with Crippen molar-refractivity contribution in [3.63, 3.8) is 0 Å². The van der Waals surface area contributed by atoms with Gasteiger partial charge in [-0.25, -0.2) is 15.0 Å². The lowest BCUT2D eigenvalue weighted by Gasteiger charge is -2.07. The average Bonchev–Trinajstić information content (AvgIpc) is 2.44. The Morgan fingerprint density at radius 2 is 2.10 bits per heavy atom. The Morgan fingerprint density at radius 3 is 2.80 bits per heavy atom. The molecular weight excluding hydrogens is 276 g/mol. The average molecular weight is 291 g/mol. The molecule has 2 aromatic rings. The van der Waals surface area contributed by atoms with E-state index < -0.39 is 0 Å². The predicted molar refractivity (Wildman–Crippen MR) is 76.6 cm³/mol. The monoisotopic (exact) mass is 290 g/mol. The van der Waals surface area contributed by atoms with Crippen molar-refractivity contribution in [1.82, 2.24) is 20.3 Å². The Bertz CT molecular complexity index is 630. The van der Waals surface area contributed by atoms with E-state index in [4.69, 9.17) is 11.6 Å². The molecule has 6 heteroatoms. The lowest BCUT2D eigenvalue weighted by atomic mass is 10.2. The van der Waals surface area contributed by atoms with Crippen LogP contribution in [0.2, 0.25) is 5.15 Å². The summed E-state index contributed by atoms with van der Waals surface area (Å²) in [6, 6.07) is 5.07. The van der Waals surface area contributed by atoms with Gasteiger partial charge in [0.15, 0.2) is 0 Å². The van der Waals surface area contributed by atoms with Crippen LogP contribution in [0.15, 0.2) is 24.4 Å². The topological polar surface area (TPSA) is 67.8 Å². The molecule has 104 valence electrons. The van der Waals surface area contributed by atoms with Crippen LogP contribution < -0.4 is 5.32 Å². The van der Waals surface area contributed by atoms with Gasteiger partial charge in [0.2, 0.25) is 0 Å². The third kappa shape index (κ3) is 3.74. The second-order valence-corrected chi connectivity index (χ2v) is 4.69. The smallest absolute Gasteiger partial charge is 0.251 e. The molecule has 0 saturated carbocycles. The Morgan fingerprint density at radius 1 is 1.30 bits per heavy atom. The first-order chi connectivity index (χ1) is 9.58. The fourth-order valence-corrected chi connectivity index (χ4v) is 1.97. The molecule has 0 aliphatic heterocycles. The van der Waals surface area contributed by atoms with Crippen molar-refractivity contribution in [3.8, 4) is 0 Å². The molecule has 2 heterocycles. The van der Waals surface area contributed by atoms with Gasteiger partial charge in [-0.3, -0.25) is 4.79 Å². The molecule has 0 spiro atoms. The molecule has 0 atom stereocenters. The van der Waals surface area contributed by atoms with Gasteiger partial charge < -0.3 is 5.32 Å². The number of nitrogens with one attached hydrogen (secondary N) is 1. The van der Waals surface area contributed by atoms with Crippen LogP contribution in [0.4, 0.5) is 0 Å². The Balaban J connectivity index is 2.07. The number of aromatic nitrogens is 3. The van der Waals surface area contributed by atoms with E-state index in [0.29, 0.717) is 23.1 Å². The quantitative estimate of drug-likeness (QED) is 0.878. The number of nitrogens with zero attached hydrogens (tertiary/aromatic N) is 3. The maximum Gasteiger partial charge on any atom is 0.251 e.